The average molecular weight is 435 g/mol. The molecule has 1 aliphatic carbocycles. The van der Waals surface area contributed by atoms with Gasteiger partial charge in [0.2, 0.25) is 0 Å². The minimum absolute atomic E-state index is 0.278. The molecule has 0 saturated heterocycles. The van der Waals surface area contributed by atoms with Gasteiger partial charge in [0.1, 0.15) is 5.75 Å². The number of hydrogen-bond acceptors (Lipinski definition) is 2. The molecular weight excluding hydrogens is 392 g/mol. The van der Waals surface area contributed by atoms with Crippen molar-refractivity contribution in [2.45, 2.75) is 103 Å². The van der Waals surface area contributed by atoms with Crippen molar-refractivity contribution in [1.82, 2.24) is 0 Å². The summed E-state index contributed by atoms with van der Waals surface area (Å²) in [5.74, 6) is 1.95. The van der Waals surface area contributed by atoms with Gasteiger partial charge in [0.15, 0.2) is 0 Å². The third-order valence-corrected chi connectivity index (χ3v) is 7.13. The Labute approximate surface area is 195 Å². The largest absolute Gasteiger partial charge is 0.423 e. The van der Waals surface area contributed by atoms with Crippen molar-refractivity contribution in [3.05, 3.63) is 65.2 Å². The van der Waals surface area contributed by atoms with Crippen LogP contribution in [0, 0.1) is 5.92 Å². The number of ether oxygens (including phenoxy) is 1. The first kappa shape index (κ1) is 24.6. The van der Waals surface area contributed by atoms with Crippen molar-refractivity contribution >= 4 is 5.97 Å². The zero-order chi connectivity index (χ0) is 22.6. The molecule has 0 aliphatic heterocycles. The Morgan fingerprint density at radius 3 is 2.09 bits per heavy atom. The van der Waals surface area contributed by atoms with E-state index in [2.05, 4.69) is 26.0 Å². The molecule has 1 saturated carbocycles. The van der Waals surface area contributed by atoms with Gasteiger partial charge in [-0.2, -0.15) is 0 Å². The summed E-state index contributed by atoms with van der Waals surface area (Å²) in [6.07, 6.45) is 17.1. The molecule has 32 heavy (non-hydrogen) atoms. The number of aryl methyl sites for hydroxylation is 1. The van der Waals surface area contributed by atoms with E-state index in [1.165, 1.54) is 88.2 Å². The smallest absolute Gasteiger partial charge is 0.343 e. The molecule has 0 spiro atoms. The minimum Gasteiger partial charge on any atom is -0.423 e. The number of carbonyl (C=O) groups excluding carboxylic acids is 1. The van der Waals surface area contributed by atoms with Gasteiger partial charge < -0.3 is 4.74 Å². The summed E-state index contributed by atoms with van der Waals surface area (Å²) in [6.45, 7) is 4.48. The Kier molecular flexibility index (Phi) is 10.3. The lowest BCUT2D eigenvalue weighted by Gasteiger charge is -2.29. The van der Waals surface area contributed by atoms with E-state index in [4.69, 9.17) is 4.74 Å². The fourth-order valence-corrected chi connectivity index (χ4v) is 4.98. The lowest BCUT2D eigenvalue weighted by atomic mass is 9.77. The van der Waals surface area contributed by atoms with Crippen molar-refractivity contribution in [2.24, 2.45) is 5.92 Å². The predicted molar refractivity (Wildman–Crippen MR) is 135 cm³/mol. The van der Waals surface area contributed by atoms with E-state index >= 15 is 0 Å². The van der Waals surface area contributed by atoms with Crippen molar-refractivity contribution in [1.29, 1.82) is 0 Å². The van der Waals surface area contributed by atoms with Gasteiger partial charge in [0.05, 0.1) is 5.56 Å². The maximum absolute atomic E-state index is 12.5. The maximum Gasteiger partial charge on any atom is 0.343 e. The standard InChI is InChI=1S/C30H42O2/c1-3-5-7-8-9-11-25-12-16-26(17-13-25)27-20-22-29(23-21-27)32-30(31)28-18-14-24(15-19-28)10-6-4-2/h14-15,18-23,25-26H,3-13,16-17H2,1-2H3. The summed E-state index contributed by atoms with van der Waals surface area (Å²) in [5.41, 5.74) is 3.28. The lowest BCUT2D eigenvalue weighted by molar-refractivity contribution is 0.0734. The van der Waals surface area contributed by atoms with Crippen molar-refractivity contribution in [2.75, 3.05) is 0 Å². The van der Waals surface area contributed by atoms with Crippen LogP contribution in [-0.4, -0.2) is 5.97 Å². The molecule has 0 N–H and O–H groups in total. The Morgan fingerprint density at radius 1 is 0.781 bits per heavy atom. The molecule has 0 aromatic heterocycles. The number of carbonyl (C=O) groups is 1. The number of benzene rings is 2. The van der Waals surface area contributed by atoms with E-state index in [0.29, 0.717) is 17.2 Å². The summed E-state index contributed by atoms with van der Waals surface area (Å²) in [5, 5.41) is 0. The third-order valence-electron chi connectivity index (χ3n) is 7.13. The van der Waals surface area contributed by atoms with Gasteiger partial charge in [0, 0.05) is 0 Å². The summed E-state index contributed by atoms with van der Waals surface area (Å²) < 4.78 is 5.61. The van der Waals surface area contributed by atoms with Gasteiger partial charge in [-0.05, 0) is 85.8 Å². The van der Waals surface area contributed by atoms with Gasteiger partial charge in [-0.1, -0.05) is 83.1 Å². The molecule has 0 atom stereocenters. The van der Waals surface area contributed by atoms with E-state index in [1.807, 2.05) is 36.4 Å². The molecule has 0 heterocycles. The van der Waals surface area contributed by atoms with E-state index in [9.17, 15) is 4.79 Å². The normalized spacial score (nSPS) is 18.4. The van der Waals surface area contributed by atoms with Crippen molar-refractivity contribution in [3.8, 4) is 5.75 Å². The third kappa shape index (κ3) is 7.80. The molecule has 1 fully saturated rings. The summed E-state index contributed by atoms with van der Waals surface area (Å²) in [6, 6.07) is 16.1. The van der Waals surface area contributed by atoms with E-state index in [-0.39, 0.29) is 5.97 Å². The molecule has 174 valence electrons. The van der Waals surface area contributed by atoms with Crippen LogP contribution in [0.15, 0.2) is 48.5 Å². The van der Waals surface area contributed by atoms with Gasteiger partial charge in [-0.3, -0.25) is 0 Å². The highest BCUT2D eigenvalue weighted by atomic mass is 16.5. The van der Waals surface area contributed by atoms with Crippen LogP contribution in [0.2, 0.25) is 0 Å². The van der Waals surface area contributed by atoms with Crippen LogP contribution in [0.25, 0.3) is 0 Å². The summed E-state index contributed by atoms with van der Waals surface area (Å²) >= 11 is 0. The Hall–Kier alpha value is -2.09. The monoisotopic (exact) mass is 434 g/mol. The molecule has 2 nitrogen and oxygen atoms in total. The highest BCUT2D eigenvalue weighted by Crippen LogP contribution is 2.38. The van der Waals surface area contributed by atoms with E-state index < -0.39 is 0 Å². The van der Waals surface area contributed by atoms with Crippen LogP contribution in [0.1, 0.15) is 118 Å². The molecule has 0 bridgehead atoms. The average Bonchev–Trinajstić information content (AvgIpc) is 2.84. The molecular formula is C30H42O2. The number of esters is 1. The second-order valence-corrected chi connectivity index (χ2v) is 9.68. The number of hydrogen-bond donors (Lipinski definition) is 0. The number of unbranched alkanes of at least 4 members (excludes halogenated alkanes) is 5. The first-order valence-corrected chi connectivity index (χ1v) is 13.1. The minimum atomic E-state index is -0.278. The first-order valence-electron chi connectivity index (χ1n) is 13.1. The molecule has 0 amide bonds. The molecule has 1 aliphatic rings. The topological polar surface area (TPSA) is 26.3 Å². The van der Waals surface area contributed by atoms with Crippen LogP contribution in [0.3, 0.4) is 0 Å². The molecule has 2 heteroatoms. The molecule has 3 rings (SSSR count). The highest BCUT2D eigenvalue weighted by molar-refractivity contribution is 5.91. The highest BCUT2D eigenvalue weighted by Gasteiger charge is 2.22. The maximum atomic E-state index is 12.5. The van der Waals surface area contributed by atoms with Crippen LogP contribution in [0.4, 0.5) is 0 Å². The quantitative estimate of drug-likeness (QED) is 0.189. The van der Waals surface area contributed by atoms with Gasteiger partial charge in [-0.15, -0.1) is 0 Å². The molecule has 2 aromatic carbocycles. The zero-order valence-electron chi connectivity index (χ0n) is 20.3. The summed E-state index contributed by atoms with van der Waals surface area (Å²) in [4.78, 5) is 12.5. The van der Waals surface area contributed by atoms with Gasteiger partial charge >= 0.3 is 5.97 Å². The Bertz CT molecular complexity index is 783. The van der Waals surface area contributed by atoms with Crippen LogP contribution in [-0.2, 0) is 6.42 Å². The Balaban J connectivity index is 1.42. The SMILES string of the molecule is CCCCCCCC1CCC(c2ccc(OC(=O)c3ccc(CCCC)cc3)cc2)CC1. The fraction of sp³-hybridized carbons (Fsp3) is 0.567. The second-order valence-electron chi connectivity index (χ2n) is 9.68. The molecule has 2 aromatic rings. The molecule has 0 unspecified atom stereocenters. The van der Waals surface area contributed by atoms with Crippen molar-refractivity contribution < 1.29 is 9.53 Å². The Morgan fingerprint density at radius 2 is 1.44 bits per heavy atom. The van der Waals surface area contributed by atoms with Crippen molar-refractivity contribution in [3.63, 3.8) is 0 Å². The predicted octanol–water partition coefficient (Wildman–Crippen LogP) is 8.88. The van der Waals surface area contributed by atoms with Crippen LogP contribution >= 0.6 is 0 Å². The number of rotatable bonds is 12. The van der Waals surface area contributed by atoms with E-state index in [1.54, 1.807) is 0 Å². The van der Waals surface area contributed by atoms with E-state index in [0.717, 1.165) is 12.3 Å². The fourth-order valence-electron chi connectivity index (χ4n) is 4.98. The first-order chi connectivity index (χ1) is 15.7. The summed E-state index contributed by atoms with van der Waals surface area (Å²) in [7, 11) is 0. The van der Waals surface area contributed by atoms with Gasteiger partial charge in [-0.25, -0.2) is 4.79 Å². The zero-order valence-corrected chi connectivity index (χ0v) is 20.3. The van der Waals surface area contributed by atoms with Crippen LogP contribution in [0.5, 0.6) is 5.75 Å². The van der Waals surface area contributed by atoms with Gasteiger partial charge in [0.25, 0.3) is 0 Å². The lowest BCUT2D eigenvalue weighted by Crippen LogP contribution is -2.13. The van der Waals surface area contributed by atoms with Crippen LogP contribution < -0.4 is 4.74 Å². The molecule has 0 radical (unpaired) electrons. The second kappa shape index (κ2) is 13.5.